The predicted molar refractivity (Wildman–Crippen MR) is 427 cm³/mol. The van der Waals surface area contributed by atoms with Crippen LogP contribution in [0.3, 0.4) is 0 Å². The lowest BCUT2D eigenvalue weighted by molar-refractivity contribution is 0.667. The van der Waals surface area contributed by atoms with E-state index in [1.54, 1.807) is 79.8 Å². The number of nitrogens with zero attached hydrogens (tertiary/aromatic N) is 5. The number of hydrogen-bond donors (Lipinski definition) is 0. The minimum Gasteiger partial charge on any atom is -0.455 e. The second-order valence-corrected chi connectivity index (χ2v) is 25.8. The van der Waals surface area contributed by atoms with Crippen molar-refractivity contribution in [1.82, 2.24) is 24.9 Å². The van der Waals surface area contributed by atoms with Crippen molar-refractivity contribution in [2.75, 3.05) is 0 Å². The molecule has 0 aliphatic heterocycles. The van der Waals surface area contributed by atoms with E-state index in [1.165, 1.54) is 47.2 Å². The molecule has 10 aromatic carbocycles. The molecule has 0 amide bonds. The molecule has 0 aliphatic carbocycles. The number of hydrogen-bond acceptors (Lipinski definition) is 10. The van der Waals surface area contributed by atoms with Gasteiger partial charge in [0.2, 0.25) is 0 Å². The normalized spacial score (nSPS) is 13.9. The molecule has 20 rings (SSSR count). The molecule has 10 heteroatoms. The number of para-hydroxylation sites is 5. The van der Waals surface area contributed by atoms with Gasteiger partial charge in [-0.25, -0.2) is 0 Å². The summed E-state index contributed by atoms with van der Waals surface area (Å²) >= 11 is 0. The highest BCUT2D eigenvalue weighted by atomic mass is 16.3. The lowest BCUT2D eigenvalue weighted by atomic mass is 9.97. The predicted octanol–water partition coefficient (Wildman–Crippen LogP) is 26.4. The van der Waals surface area contributed by atoms with Gasteiger partial charge in [0.15, 0.2) is 16.7 Å². The highest BCUT2D eigenvalue weighted by Gasteiger charge is 2.19. The SMILES string of the molecule is Cc1ccc(-c2cccc3c2oc2cccnc23)cc1.Cc1ccc(-c2cccc3c2oc2ccncc23)cc1.Cc1ccc(-c2cccc3c2oc2cnccc23)cc1.[2H]C([2H])([2H])C([2H])(C)c1cccc(-c2ccnc3c2oc2ccccc23)c1.[2H]C([2H])([2H])C([2H])(C)c1cccc(-c2cncc3c2oc2ccccc23)c1. The molecule has 10 aromatic heterocycles. The average Bonchev–Trinajstić information content (AvgIpc) is 1.62. The zero-order chi connectivity index (χ0) is 77.6. The largest absolute Gasteiger partial charge is 0.455 e. The number of benzene rings is 10. The third-order valence-electron chi connectivity index (χ3n) is 18.7. The first-order chi connectivity index (χ1) is 54.1. The summed E-state index contributed by atoms with van der Waals surface area (Å²) in [4.78, 5) is 21.5. The molecule has 20 aromatic rings. The smallest absolute Gasteiger partial charge is 0.161 e. The highest BCUT2D eigenvalue weighted by molar-refractivity contribution is 6.12. The van der Waals surface area contributed by atoms with E-state index in [0.717, 1.165) is 138 Å². The number of pyridine rings is 5. The fourth-order valence-electron chi connectivity index (χ4n) is 13.3. The summed E-state index contributed by atoms with van der Waals surface area (Å²) in [7, 11) is 0. The Bertz CT molecular complexity index is 6310. The van der Waals surface area contributed by atoms with Gasteiger partial charge in [-0.15, -0.1) is 0 Å². The first-order valence-electron chi connectivity index (χ1n) is 38.3. The van der Waals surface area contributed by atoms with Crippen molar-refractivity contribution in [3.05, 3.63) is 332 Å². The van der Waals surface area contributed by atoms with Crippen LogP contribution in [0.5, 0.6) is 0 Å². The third kappa shape index (κ3) is 13.0. The molecule has 0 aliphatic rings. The van der Waals surface area contributed by atoms with E-state index in [-0.39, 0.29) is 0 Å². The van der Waals surface area contributed by atoms with E-state index in [2.05, 4.69) is 173 Å². The van der Waals surface area contributed by atoms with Gasteiger partial charge in [0.05, 0.1) is 6.20 Å². The van der Waals surface area contributed by atoms with Crippen molar-refractivity contribution >= 4 is 110 Å². The lowest BCUT2D eigenvalue weighted by Crippen LogP contribution is -1.88. The van der Waals surface area contributed by atoms with Crippen LogP contribution >= 0.6 is 0 Å². The molecule has 10 nitrogen and oxygen atoms in total. The fourth-order valence-corrected chi connectivity index (χ4v) is 13.3. The maximum Gasteiger partial charge on any atom is 0.161 e. The van der Waals surface area contributed by atoms with Gasteiger partial charge in [-0.1, -0.05) is 244 Å². The summed E-state index contributed by atoms with van der Waals surface area (Å²) < 4.78 is 92.7. The maximum atomic E-state index is 8.33. The standard InChI is InChI=1S/2C20H17NO.3C18H13NO/c1-13(2)14-6-5-7-15(10-14)17-11-21-12-18-16-8-3-4-9-19(16)22-20(17)18;1-13(2)14-6-5-7-15(12-14)16-10-11-21-19-17-8-3-4-9-18(17)22-20(16)19;1-12-7-9-13(10-8-12)14-4-2-5-15-17-16(20-18(14)15)6-3-11-19-17;1-12-5-7-13(8-6-12)14-3-2-4-16-15-9-10-19-11-17(15)20-18(14)16;1-12-5-7-13(8-6-12)14-3-2-4-15-16-11-19-10-9-17(16)20-18(14)15/h2*3-13H,1-2H3;3*2-11H,1H3/i2*1D3,13D;;;. The zero-order valence-corrected chi connectivity index (χ0v) is 57.6. The molecule has 0 spiro atoms. The Morgan fingerprint density at radius 2 is 0.712 bits per heavy atom. The second kappa shape index (κ2) is 28.5. The Balaban J connectivity index is 0.000000106. The molecule has 0 N–H and O–H groups in total. The summed E-state index contributed by atoms with van der Waals surface area (Å²) in [6, 6.07) is 83.5. The fraction of sp³-hybridized carbons (Fsp3) is 0.0957. The van der Waals surface area contributed by atoms with E-state index >= 15 is 0 Å². The number of aromatic nitrogens is 5. The Kier molecular flexibility index (Phi) is 15.5. The highest BCUT2D eigenvalue weighted by Crippen LogP contribution is 2.41. The van der Waals surface area contributed by atoms with Crippen molar-refractivity contribution < 1.29 is 33.1 Å². The van der Waals surface area contributed by atoms with Crippen LogP contribution < -0.4 is 0 Å². The van der Waals surface area contributed by atoms with Crippen LogP contribution in [-0.4, -0.2) is 24.9 Å². The summed E-state index contributed by atoms with van der Waals surface area (Å²) in [5.41, 5.74) is 24.6. The van der Waals surface area contributed by atoms with Gasteiger partial charge in [-0.3, -0.25) is 24.9 Å². The van der Waals surface area contributed by atoms with E-state index in [4.69, 9.17) is 33.1 Å². The molecular formula is C94H73N5O5. The summed E-state index contributed by atoms with van der Waals surface area (Å²) in [6.45, 7) is 4.28. The molecule has 504 valence electrons. The summed E-state index contributed by atoms with van der Waals surface area (Å²) in [5.74, 6) is -3.39. The summed E-state index contributed by atoms with van der Waals surface area (Å²) in [5, 5.41) is 8.34. The van der Waals surface area contributed by atoms with Crippen LogP contribution in [0.25, 0.3) is 166 Å². The van der Waals surface area contributed by atoms with Crippen molar-refractivity contribution in [1.29, 1.82) is 0 Å². The monoisotopic (exact) mass is 1360 g/mol. The van der Waals surface area contributed by atoms with Crippen LogP contribution in [0, 0.1) is 20.8 Å². The van der Waals surface area contributed by atoms with Gasteiger partial charge >= 0.3 is 0 Å². The Labute approximate surface area is 612 Å². The summed E-state index contributed by atoms with van der Waals surface area (Å²) in [6.07, 6.45) is 14.2. The van der Waals surface area contributed by atoms with Crippen LogP contribution in [0.4, 0.5) is 0 Å². The quantitative estimate of drug-likeness (QED) is 0.152. The molecular weight excluding hydrogens is 1280 g/mol. The molecule has 0 radical (unpaired) electrons. The van der Waals surface area contributed by atoms with Crippen LogP contribution in [-0.2, 0) is 0 Å². The van der Waals surface area contributed by atoms with Crippen molar-refractivity contribution in [2.45, 2.75) is 60.1 Å². The number of rotatable bonds is 7. The Hall–Kier alpha value is -13.1. The van der Waals surface area contributed by atoms with Gasteiger partial charge in [-0.2, -0.15) is 0 Å². The van der Waals surface area contributed by atoms with Crippen LogP contribution in [0.15, 0.2) is 326 Å². The van der Waals surface area contributed by atoms with Gasteiger partial charge in [-0.05, 0) is 126 Å². The molecule has 0 saturated carbocycles. The molecule has 0 saturated heterocycles. The second-order valence-electron chi connectivity index (χ2n) is 25.8. The van der Waals surface area contributed by atoms with Crippen LogP contribution in [0.1, 0.15) is 78.1 Å². The van der Waals surface area contributed by atoms with E-state index < -0.39 is 25.5 Å². The van der Waals surface area contributed by atoms with Crippen LogP contribution in [0.2, 0.25) is 0 Å². The molecule has 0 bridgehead atoms. The first-order valence-corrected chi connectivity index (χ1v) is 34.3. The Morgan fingerprint density at radius 1 is 0.279 bits per heavy atom. The Morgan fingerprint density at radius 3 is 1.34 bits per heavy atom. The topological polar surface area (TPSA) is 130 Å². The molecule has 0 fully saturated rings. The molecule has 10 heterocycles. The van der Waals surface area contributed by atoms with Crippen molar-refractivity contribution in [2.24, 2.45) is 0 Å². The first kappa shape index (κ1) is 56.7. The number of aryl methyl sites for hydroxylation is 3. The molecule has 2 atom stereocenters. The number of fused-ring (bicyclic) bond motifs is 15. The van der Waals surface area contributed by atoms with E-state index in [1.807, 2.05) is 97.2 Å². The number of furan rings is 5. The third-order valence-corrected chi connectivity index (χ3v) is 18.7. The van der Waals surface area contributed by atoms with Crippen molar-refractivity contribution in [3.8, 4) is 55.6 Å². The van der Waals surface area contributed by atoms with Crippen molar-refractivity contribution in [3.63, 3.8) is 0 Å². The lowest BCUT2D eigenvalue weighted by Gasteiger charge is -2.08. The molecule has 104 heavy (non-hydrogen) atoms. The zero-order valence-electron chi connectivity index (χ0n) is 65.6. The van der Waals surface area contributed by atoms with Gasteiger partial charge in [0.1, 0.15) is 50.1 Å². The minimum absolute atomic E-state index is 0.433. The van der Waals surface area contributed by atoms with Gasteiger partial charge < -0.3 is 22.1 Å². The van der Waals surface area contributed by atoms with Gasteiger partial charge in [0, 0.05) is 125 Å². The minimum atomic E-state index is -2.42. The maximum absolute atomic E-state index is 8.33. The van der Waals surface area contributed by atoms with Gasteiger partial charge in [0.25, 0.3) is 0 Å². The van der Waals surface area contributed by atoms with E-state index in [0.29, 0.717) is 22.3 Å². The molecule has 2 unspecified atom stereocenters. The van der Waals surface area contributed by atoms with E-state index in [9.17, 15) is 0 Å². The average molecular weight is 1360 g/mol.